The minimum absolute atomic E-state index is 0.0410. The molecule has 5 rings (SSSR count). The predicted molar refractivity (Wildman–Crippen MR) is 128 cm³/mol. The first-order valence-electron chi connectivity index (χ1n) is 11.4. The molecule has 0 unspecified atom stereocenters. The van der Waals surface area contributed by atoms with Crippen molar-refractivity contribution in [1.82, 2.24) is 15.0 Å². The van der Waals surface area contributed by atoms with Gasteiger partial charge in [-0.05, 0) is 44.6 Å². The number of anilines is 2. The fraction of sp³-hybridized carbons (Fsp3) is 0.609. The summed E-state index contributed by atoms with van der Waals surface area (Å²) >= 11 is 8.00. The molecule has 1 spiro atoms. The van der Waals surface area contributed by atoms with Gasteiger partial charge in [-0.2, -0.15) is 0 Å². The van der Waals surface area contributed by atoms with E-state index in [0.717, 1.165) is 49.7 Å². The van der Waals surface area contributed by atoms with E-state index in [0.29, 0.717) is 34.6 Å². The van der Waals surface area contributed by atoms with Gasteiger partial charge >= 0.3 is 0 Å². The molecule has 3 aliphatic rings. The summed E-state index contributed by atoms with van der Waals surface area (Å²) in [7, 11) is 0. The molecule has 3 saturated heterocycles. The number of hydrogen-bond acceptors (Lipinski definition) is 9. The highest BCUT2D eigenvalue weighted by Gasteiger charge is 2.46. The lowest BCUT2D eigenvalue weighted by Gasteiger charge is -2.39. The average molecular weight is 492 g/mol. The summed E-state index contributed by atoms with van der Waals surface area (Å²) in [5, 5.41) is 20.8. The van der Waals surface area contributed by atoms with Crippen LogP contribution in [0.3, 0.4) is 0 Å². The van der Waals surface area contributed by atoms with Crippen LogP contribution in [0.1, 0.15) is 38.8 Å². The van der Waals surface area contributed by atoms with Crippen LogP contribution in [0, 0.1) is 5.41 Å². The van der Waals surface area contributed by atoms with Crippen molar-refractivity contribution in [3.8, 4) is 0 Å². The van der Waals surface area contributed by atoms with E-state index in [9.17, 15) is 10.2 Å². The number of rotatable bonds is 5. The molecular weight excluding hydrogens is 462 g/mol. The van der Waals surface area contributed by atoms with Crippen molar-refractivity contribution in [1.29, 1.82) is 0 Å². The predicted octanol–water partition coefficient (Wildman–Crippen LogP) is 3.13. The molecule has 3 fully saturated rings. The Hall–Kier alpha value is -1.65. The summed E-state index contributed by atoms with van der Waals surface area (Å²) in [6, 6.07) is 1.84. The number of halogens is 1. The Morgan fingerprint density at radius 3 is 2.58 bits per heavy atom. The standard InChI is InChI=1S/C23H30ClN5O3S/c1-22(2)13-23(14-32-22)4-7-28(8-5-23)20-16(12-30)27-18(9-26-20)33-17-3-6-25-21(19(17)24)29-10-15(31)11-29/h3,6,9,15,30-31H,4-5,7-8,10-14H2,1-2H3. The van der Waals surface area contributed by atoms with Crippen LogP contribution < -0.4 is 9.80 Å². The highest BCUT2D eigenvalue weighted by molar-refractivity contribution is 7.99. The van der Waals surface area contributed by atoms with Gasteiger partial charge in [0, 0.05) is 37.3 Å². The molecule has 33 heavy (non-hydrogen) atoms. The van der Waals surface area contributed by atoms with Crippen LogP contribution in [0.15, 0.2) is 28.4 Å². The quantitative estimate of drug-likeness (QED) is 0.653. The van der Waals surface area contributed by atoms with Crippen LogP contribution in [0.5, 0.6) is 0 Å². The lowest BCUT2D eigenvalue weighted by molar-refractivity contribution is 0.0295. The van der Waals surface area contributed by atoms with E-state index < -0.39 is 0 Å². The van der Waals surface area contributed by atoms with E-state index in [-0.39, 0.29) is 23.7 Å². The maximum Gasteiger partial charge on any atom is 0.152 e. The van der Waals surface area contributed by atoms with Gasteiger partial charge in [-0.3, -0.25) is 0 Å². The summed E-state index contributed by atoms with van der Waals surface area (Å²) < 4.78 is 6.02. The van der Waals surface area contributed by atoms with Gasteiger partial charge < -0.3 is 24.7 Å². The SMILES string of the molecule is CC1(C)CC2(CCN(c3ncc(Sc4ccnc(N5CC(O)C5)c4Cl)nc3CO)CC2)CO1. The first kappa shape index (κ1) is 23.1. The fourth-order valence-electron chi connectivity index (χ4n) is 5.15. The van der Waals surface area contributed by atoms with Crippen molar-refractivity contribution in [2.75, 3.05) is 42.6 Å². The number of aliphatic hydroxyl groups is 2. The third kappa shape index (κ3) is 4.66. The first-order valence-corrected chi connectivity index (χ1v) is 12.6. The number of pyridine rings is 1. The summed E-state index contributed by atoms with van der Waals surface area (Å²) in [6.45, 7) is 7.83. The van der Waals surface area contributed by atoms with Crippen molar-refractivity contribution in [3.05, 3.63) is 29.2 Å². The Labute approximate surface area is 203 Å². The molecular formula is C23H30ClN5O3S. The van der Waals surface area contributed by atoms with Crippen molar-refractivity contribution in [3.63, 3.8) is 0 Å². The number of aliphatic hydroxyl groups excluding tert-OH is 2. The summed E-state index contributed by atoms with van der Waals surface area (Å²) in [6.07, 6.45) is 6.32. The third-order valence-electron chi connectivity index (χ3n) is 6.86. The molecule has 0 bridgehead atoms. The maximum absolute atomic E-state index is 10.0. The van der Waals surface area contributed by atoms with Gasteiger partial charge in [-0.25, -0.2) is 15.0 Å². The highest BCUT2D eigenvalue weighted by Crippen LogP contribution is 2.47. The van der Waals surface area contributed by atoms with Crippen LogP contribution in [0.2, 0.25) is 5.02 Å². The molecule has 178 valence electrons. The molecule has 3 aliphatic heterocycles. The monoisotopic (exact) mass is 491 g/mol. The molecule has 2 N–H and O–H groups in total. The lowest BCUT2D eigenvalue weighted by Crippen LogP contribution is -2.51. The molecule has 0 radical (unpaired) electrons. The zero-order chi connectivity index (χ0) is 23.2. The molecule has 8 nitrogen and oxygen atoms in total. The van der Waals surface area contributed by atoms with Crippen LogP contribution in [0.4, 0.5) is 11.6 Å². The van der Waals surface area contributed by atoms with E-state index in [1.807, 2.05) is 11.0 Å². The summed E-state index contributed by atoms with van der Waals surface area (Å²) in [5.74, 6) is 1.42. The first-order chi connectivity index (χ1) is 15.8. The third-order valence-corrected chi connectivity index (χ3v) is 8.31. The number of nitrogens with zero attached hydrogens (tertiary/aromatic N) is 5. The highest BCUT2D eigenvalue weighted by atomic mass is 35.5. The van der Waals surface area contributed by atoms with Crippen LogP contribution in [-0.4, -0.2) is 69.7 Å². The van der Waals surface area contributed by atoms with E-state index >= 15 is 0 Å². The number of ether oxygens (including phenoxy) is 1. The minimum atomic E-state index is -0.331. The van der Waals surface area contributed by atoms with Gasteiger partial charge in [0.1, 0.15) is 16.5 Å². The van der Waals surface area contributed by atoms with Crippen LogP contribution in [-0.2, 0) is 11.3 Å². The average Bonchev–Trinajstić information content (AvgIpc) is 3.08. The van der Waals surface area contributed by atoms with E-state index in [1.165, 1.54) is 11.8 Å². The summed E-state index contributed by atoms with van der Waals surface area (Å²) in [5.41, 5.74) is 0.793. The Balaban J connectivity index is 1.29. The lowest BCUT2D eigenvalue weighted by atomic mass is 9.74. The topological polar surface area (TPSA) is 94.8 Å². The van der Waals surface area contributed by atoms with Gasteiger partial charge in [0.15, 0.2) is 5.82 Å². The normalized spacial score (nSPS) is 22.1. The second kappa shape index (κ2) is 8.85. The molecule has 0 aliphatic carbocycles. The molecule has 10 heteroatoms. The number of piperidine rings is 1. The zero-order valence-corrected chi connectivity index (χ0v) is 20.6. The van der Waals surface area contributed by atoms with Gasteiger partial charge in [0.2, 0.25) is 0 Å². The molecule has 0 amide bonds. The van der Waals surface area contributed by atoms with Crippen LogP contribution >= 0.6 is 23.4 Å². The van der Waals surface area contributed by atoms with Crippen molar-refractivity contribution >= 4 is 35.0 Å². The smallest absolute Gasteiger partial charge is 0.152 e. The Morgan fingerprint density at radius 2 is 1.94 bits per heavy atom. The van der Waals surface area contributed by atoms with Crippen molar-refractivity contribution in [2.24, 2.45) is 5.41 Å². The second-order valence-electron chi connectivity index (χ2n) is 9.96. The van der Waals surface area contributed by atoms with E-state index in [4.69, 9.17) is 16.3 Å². The molecule has 0 aromatic carbocycles. The number of β-amino-alcohol motifs (C(OH)–C–C–N with tert-alkyl or cyclic N) is 1. The van der Waals surface area contributed by atoms with E-state index in [1.54, 1.807) is 12.4 Å². The number of hydrogen-bond donors (Lipinski definition) is 2. The Morgan fingerprint density at radius 1 is 1.18 bits per heavy atom. The molecule has 5 heterocycles. The minimum Gasteiger partial charge on any atom is -0.390 e. The Kier molecular flexibility index (Phi) is 6.20. The van der Waals surface area contributed by atoms with Crippen molar-refractivity contribution < 1.29 is 14.9 Å². The van der Waals surface area contributed by atoms with E-state index in [2.05, 4.69) is 33.7 Å². The molecule has 0 saturated carbocycles. The van der Waals surface area contributed by atoms with Crippen LogP contribution in [0.25, 0.3) is 0 Å². The largest absolute Gasteiger partial charge is 0.390 e. The Bertz CT molecular complexity index is 1030. The molecule has 2 aromatic heterocycles. The molecule has 0 atom stereocenters. The fourth-order valence-corrected chi connectivity index (χ4v) is 6.29. The van der Waals surface area contributed by atoms with Gasteiger partial charge in [0.25, 0.3) is 0 Å². The van der Waals surface area contributed by atoms with Gasteiger partial charge in [-0.15, -0.1) is 0 Å². The summed E-state index contributed by atoms with van der Waals surface area (Å²) in [4.78, 5) is 18.7. The maximum atomic E-state index is 10.0. The van der Waals surface area contributed by atoms with Gasteiger partial charge in [-0.1, -0.05) is 23.4 Å². The zero-order valence-electron chi connectivity index (χ0n) is 19.0. The number of aromatic nitrogens is 3. The van der Waals surface area contributed by atoms with Gasteiger partial charge in [0.05, 0.1) is 36.1 Å². The molecule has 2 aromatic rings. The van der Waals surface area contributed by atoms with Crippen molar-refractivity contribution in [2.45, 2.75) is 61.3 Å². The second-order valence-corrected chi connectivity index (χ2v) is 11.4.